The SMILES string of the molecule is CN(C)S(=O)(=O)c1ccc(/C=C/C(=O)NCCc2cc(F)cc(F)c2)cc1. The summed E-state index contributed by atoms with van der Waals surface area (Å²) in [6.07, 6.45) is 3.15. The van der Waals surface area contributed by atoms with Gasteiger partial charge < -0.3 is 5.32 Å². The molecule has 0 spiro atoms. The van der Waals surface area contributed by atoms with Crippen LogP contribution in [0.15, 0.2) is 53.4 Å². The van der Waals surface area contributed by atoms with Crippen LogP contribution in [0.1, 0.15) is 11.1 Å². The maximum atomic E-state index is 13.1. The highest BCUT2D eigenvalue weighted by Crippen LogP contribution is 2.14. The first kappa shape index (κ1) is 20.7. The lowest BCUT2D eigenvalue weighted by atomic mass is 10.1. The van der Waals surface area contributed by atoms with E-state index >= 15 is 0 Å². The average Bonchev–Trinajstić information content (AvgIpc) is 2.59. The monoisotopic (exact) mass is 394 g/mol. The van der Waals surface area contributed by atoms with Crippen molar-refractivity contribution >= 4 is 22.0 Å². The van der Waals surface area contributed by atoms with Gasteiger partial charge in [0.1, 0.15) is 11.6 Å². The van der Waals surface area contributed by atoms with Crippen LogP contribution in [-0.4, -0.2) is 39.3 Å². The second-order valence-corrected chi connectivity index (χ2v) is 8.16. The number of amides is 1. The van der Waals surface area contributed by atoms with Crippen molar-refractivity contribution in [3.05, 3.63) is 71.3 Å². The first-order chi connectivity index (χ1) is 12.7. The first-order valence-corrected chi connectivity index (χ1v) is 9.56. The molecular formula is C19H20F2N2O3S. The minimum absolute atomic E-state index is 0.163. The third kappa shape index (κ3) is 5.97. The summed E-state index contributed by atoms with van der Waals surface area (Å²) in [7, 11) is -0.593. The van der Waals surface area contributed by atoms with Crippen molar-refractivity contribution in [1.82, 2.24) is 9.62 Å². The molecule has 0 unspecified atom stereocenters. The van der Waals surface area contributed by atoms with E-state index in [9.17, 15) is 22.0 Å². The molecule has 0 aliphatic heterocycles. The van der Waals surface area contributed by atoms with Crippen molar-refractivity contribution in [1.29, 1.82) is 0 Å². The number of sulfonamides is 1. The molecule has 1 N–H and O–H groups in total. The standard InChI is InChI=1S/C19H20F2N2O3S/c1-23(2)27(25,26)18-6-3-14(4-7-18)5-8-19(24)22-10-9-15-11-16(20)13-17(21)12-15/h3-8,11-13H,9-10H2,1-2H3,(H,22,24)/b8-5+. The fourth-order valence-corrected chi connectivity index (χ4v) is 3.18. The molecule has 0 radical (unpaired) electrons. The van der Waals surface area contributed by atoms with Gasteiger partial charge in [0, 0.05) is 32.8 Å². The summed E-state index contributed by atoms with van der Waals surface area (Å²) >= 11 is 0. The fourth-order valence-electron chi connectivity index (χ4n) is 2.28. The van der Waals surface area contributed by atoms with E-state index in [2.05, 4.69) is 5.32 Å². The Kier molecular flexibility index (Phi) is 6.81. The van der Waals surface area contributed by atoms with Crippen LogP contribution in [0, 0.1) is 11.6 Å². The zero-order valence-corrected chi connectivity index (χ0v) is 15.8. The van der Waals surface area contributed by atoms with Crippen LogP contribution in [0.2, 0.25) is 0 Å². The average molecular weight is 394 g/mol. The van der Waals surface area contributed by atoms with E-state index in [4.69, 9.17) is 0 Å². The van der Waals surface area contributed by atoms with Crippen LogP contribution < -0.4 is 5.32 Å². The molecule has 144 valence electrons. The minimum Gasteiger partial charge on any atom is -0.352 e. The highest BCUT2D eigenvalue weighted by Gasteiger charge is 2.16. The Morgan fingerprint density at radius 2 is 1.67 bits per heavy atom. The molecule has 0 aromatic heterocycles. The third-order valence-corrected chi connectivity index (χ3v) is 5.55. The molecule has 0 aliphatic rings. The van der Waals surface area contributed by atoms with Gasteiger partial charge in [0.25, 0.3) is 0 Å². The Hall–Kier alpha value is -2.58. The highest BCUT2D eigenvalue weighted by molar-refractivity contribution is 7.89. The van der Waals surface area contributed by atoms with Gasteiger partial charge in [0.05, 0.1) is 4.90 Å². The highest BCUT2D eigenvalue weighted by atomic mass is 32.2. The number of carbonyl (C=O) groups is 1. The number of rotatable bonds is 7. The van der Waals surface area contributed by atoms with Crippen molar-refractivity contribution in [2.45, 2.75) is 11.3 Å². The Bertz CT molecular complexity index is 920. The largest absolute Gasteiger partial charge is 0.352 e. The predicted molar refractivity (Wildman–Crippen MR) is 99.4 cm³/mol. The molecule has 0 saturated carbocycles. The molecule has 2 rings (SSSR count). The first-order valence-electron chi connectivity index (χ1n) is 8.12. The lowest BCUT2D eigenvalue weighted by Crippen LogP contribution is -2.23. The van der Waals surface area contributed by atoms with Crippen LogP contribution in [0.5, 0.6) is 0 Å². The van der Waals surface area contributed by atoms with E-state index in [1.807, 2.05) is 0 Å². The molecule has 27 heavy (non-hydrogen) atoms. The van der Waals surface area contributed by atoms with Crippen molar-refractivity contribution in [2.75, 3.05) is 20.6 Å². The number of nitrogens with zero attached hydrogens (tertiary/aromatic N) is 1. The van der Waals surface area contributed by atoms with Crippen molar-refractivity contribution in [3.8, 4) is 0 Å². The second-order valence-electron chi connectivity index (χ2n) is 6.01. The predicted octanol–water partition coefficient (Wildman–Crippen LogP) is 2.59. The summed E-state index contributed by atoms with van der Waals surface area (Å²) < 4.78 is 51.3. The van der Waals surface area contributed by atoms with Gasteiger partial charge in [0.2, 0.25) is 15.9 Å². The van der Waals surface area contributed by atoms with E-state index in [0.717, 1.165) is 10.4 Å². The molecule has 8 heteroatoms. The summed E-state index contributed by atoms with van der Waals surface area (Å²) in [5.74, 6) is -1.68. The third-order valence-electron chi connectivity index (χ3n) is 3.72. The number of halogens is 2. The summed E-state index contributed by atoms with van der Waals surface area (Å²) in [5, 5.41) is 2.62. The van der Waals surface area contributed by atoms with Crippen LogP contribution in [0.25, 0.3) is 6.08 Å². The van der Waals surface area contributed by atoms with Gasteiger partial charge in [0.15, 0.2) is 0 Å². The van der Waals surface area contributed by atoms with Crippen LogP contribution >= 0.6 is 0 Å². The molecule has 5 nitrogen and oxygen atoms in total. The maximum absolute atomic E-state index is 13.1. The normalized spacial score (nSPS) is 11.9. The number of carbonyl (C=O) groups excluding carboxylic acids is 1. The Morgan fingerprint density at radius 3 is 2.22 bits per heavy atom. The summed E-state index contributed by atoms with van der Waals surface area (Å²) in [5.41, 5.74) is 1.12. The van der Waals surface area contributed by atoms with E-state index in [-0.39, 0.29) is 17.3 Å². The van der Waals surface area contributed by atoms with Crippen molar-refractivity contribution in [3.63, 3.8) is 0 Å². The van der Waals surface area contributed by atoms with Crippen molar-refractivity contribution < 1.29 is 22.0 Å². The summed E-state index contributed by atoms with van der Waals surface area (Å²) in [4.78, 5) is 12.0. The summed E-state index contributed by atoms with van der Waals surface area (Å²) in [6, 6.07) is 9.34. The Balaban J connectivity index is 1.89. The molecule has 1 amide bonds. The van der Waals surface area contributed by atoms with Crippen LogP contribution in [0.4, 0.5) is 8.78 Å². The molecule has 0 atom stereocenters. The molecule has 0 fully saturated rings. The molecule has 0 aliphatic carbocycles. The Morgan fingerprint density at radius 1 is 1.07 bits per heavy atom. The van der Waals surface area contributed by atoms with E-state index in [0.29, 0.717) is 17.5 Å². The van der Waals surface area contributed by atoms with E-state index in [1.54, 1.807) is 18.2 Å². The van der Waals surface area contributed by atoms with Gasteiger partial charge >= 0.3 is 0 Å². The second kappa shape index (κ2) is 8.88. The Labute approximate surface area is 157 Å². The number of nitrogens with one attached hydrogen (secondary N) is 1. The molecule has 0 heterocycles. The fraction of sp³-hybridized carbons (Fsp3) is 0.211. The number of hydrogen-bond donors (Lipinski definition) is 1. The quantitative estimate of drug-likeness (QED) is 0.734. The number of benzene rings is 2. The van der Waals surface area contributed by atoms with Gasteiger partial charge in [-0.25, -0.2) is 21.5 Å². The molecular weight excluding hydrogens is 374 g/mol. The lowest BCUT2D eigenvalue weighted by Gasteiger charge is -2.11. The molecule has 2 aromatic carbocycles. The van der Waals surface area contributed by atoms with Crippen LogP contribution in [-0.2, 0) is 21.2 Å². The van der Waals surface area contributed by atoms with E-state index < -0.39 is 21.7 Å². The minimum atomic E-state index is -3.49. The van der Waals surface area contributed by atoms with Crippen molar-refractivity contribution in [2.24, 2.45) is 0 Å². The maximum Gasteiger partial charge on any atom is 0.244 e. The van der Waals surface area contributed by atoms with Gasteiger partial charge in [-0.1, -0.05) is 12.1 Å². The smallest absolute Gasteiger partial charge is 0.244 e. The molecule has 2 aromatic rings. The van der Waals surface area contributed by atoms with Gasteiger partial charge in [-0.15, -0.1) is 0 Å². The van der Waals surface area contributed by atoms with Gasteiger partial charge in [-0.3, -0.25) is 4.79 Å². The summed E-state index contributed by atoms with van der Waals surface area (Å²) in [6.45, 7) is 0.228. The molecule has 0 saturated heterocycles. The zero-order chi connectivity index (χ0) is 20.0. The number of hydrogen-bond acceptors (Lipinski definition) is 3. The topological polar surface area (TPSA) is 66.5 Å². The van der Waals surface area contributed by atoms with Crippen LogP contribution in [0.3, 0.4) is 0 Å². The lowest BCUT2D eigenvalue weighted by molar-refractivity contribution is -0.116. The van der Waals surface area contributed by atoms with E-state index in [1.165, 1.54) is 44.4 Å². The van der Waals surface area contributed by atoms with Gasteiger partial charge in [-0.2, -0.15) is 0 Å². The molecule has 0 bridgehead atoms. The zero-order valence-electron chi connectivity index (χ0n) is 14.9. The van der Waals surface area contributed by atoms with Gasteiger partial charge in [-0.05, 0) is 47.9 Å².